The predicted molar refractivity (Wildman–Crippen MR) is 53.4 cm³/mol. The number of amides is 1. The van der Waals surface area contributed by atoms with E-state index in [1.165, 1.54) is 11.3 Å². The number of carbonyl (C=O) groups is 1. The van der Waals surface area contributed by atoms with E-state index in [0.29, 0.717) is 11.4 Å². The van der Waals surface area contributed by atoms with Gasteiger partial charge in [-0.3, -0.25) is 4.79 Å². The predicted octanol–water partition coefficient (Wildman–Crippen LogP) is 1.56. The summed E-state index contributed by atoms with van der Waals surface area (Å²) in [6.45, 7) is 1.43. The van der Waals surface area contributed by atoms with Crippen LogP contribution in [-0.2, 0) is 11.3 Å². The van der Waals surface area contributed by atoms with E-state index in [-0.39, 0.29) is 5.91 Å². The molecule has 0 spiro atoms. The van der Waals surface area contributed by atoms with Crippen LogP contribution in [0.4, 0.5) is 0 Å². The van der Waals surface area contributed by atoms with Crippen molar-refractivity contribution in [3.63, 3.8) is 0 Å². The van der Waals surface area contributed by atoms with Gasteiger partial charge in [0.05, 0.1) is 6.42 Å². The van der Waals surface area contributed by atoms with Gasteiger partial charge in [-0.05, 0) is 23.4 Å². The molecule has 4 heteroatoms. The number of rotatable bonds is 2. The number of hydrogen-bond donors (Lipinski definition) is 0. The summed E-state index contributed by atoms with van der Waals surface area (Å²) < 4.78 is 0. The molecular weight excluding hydrogens is 196 g/mol. The smallest absolute Gasteiger partial charge is 0.226 e. The molecule has 0 atom stereocenters. The van der Waals surface area contributed by atoms with E-state index in [0.717, 1.165) is 18.5 Å². The lowest BCUT2D eigenvalue weighted by atomic mass is 10.3. The first kappa shape index (κ1) is 9.22. The quantitative estimate of drug-likeness (QED) is 0.735. The molecule has 3 nitrogen and oxygen atoms in total. The van der Waals surface area contributed by atoms with Crippen molar-refractivity contribution in [2.75, 3.05) is 6.54 Å². The highest BCUT2D eigenvalue weighted by atomic mass is 32.1. The van der Waals surface area contributed by atoms with E-state index in [1.54, 1.807) is 11.3 Å². The van der Waals surface area contributed by atoms with Gasteiger partial charge < -0.3 is 4.90 Å². The molecule has 0 aliphatic carbocycles. The highest BCUT2D eigenvalue weighted by Gasteiger charge is 2.20. The van der Waals surface area contributed by atoms with Gasteiger partial charge in [-0.15, -0.1) is 11.3 Å². The van der Waals surface area contributed by atoms with E-state index in [9.17, 15) is 4.79 Å². The van der Waals surface area contributed by atoms with Gasteiger partial charge in [-0.2, -0.15) is 5.26 Å². The number of thiophene rings is 1. The molecule has 1 aliphatic rings. The summed E-state index contributed by atoms with van der Waals surface area (Å²) in [5.74, 6) is 0.106. The molecule has 71 valence electrons. The summed E-state index contributed by atoms with van der Waals surface area (Å²) in [4.78, 5) is 13.8. The van der Waals surface area contributed by atoms with Crippen molar-refractivity contribution in [2.45, 2.75) is 13.0 Å². The van der Waals surface area contributed by atoms with E-state index < -0.39 is 0 Å². The van der Waals surface area contributed by atoms with Gasteiger partial charge in [0.15, 0.2) is 0 Å². The van der Waals surface area contributed by atoms with Gasteiger partial charge in [0, 0.05) is 13.1 Å². The second kappa shape index (κ2) is 3.81. The van der Waals surface area contributed by atoms with Gasteiger partial charge in [0.2, 0.25) is 5.91 Å². The Morgan fingerprint density at radius 3 is 3.07 bits per heavy atom. The second-order valence-electron chi connectivity index (χ2n) is 3.18. The maximum absolute atomic E-state index is 11.3. The van der Waals surface area contributed by atoms with Crippen molar-refractivity contribution in [1.29, 1.82) is 5.26 Å². The Balaban J connectivity index is 2.04. The molecule has 1 amide bonds. The average Bonchev–Trinajstić information content (AvgIpc) is 2.77. The van der Waals surface area contributed by atoms with Crippen LogP contribution < -0.4 is 0 Å². The minimum absolute atomic E-state index is 0.106. The fourth-order valence-electron chi connectivity index (χ4n) is 1.48. The highest BCUT2D eigenvalue weighted by molar-refractivity contribution is 7.10. The normalized spacial score (nSPS) is 15.9. The van der Waals surface area contributed by atoms with Crippen LogP contribution >= 0.6 is 11.3 Å². The lowest BCUT2D eigenvalue weighted by Gasteiger charge is -2.13. The molecule has 1 fully saturated rings. The third-order valence-corrected chi connectivity index (χ3v) is 3.05. The summed E-state index contributed by atoms with van der Waals surface area (Å²) >= 11 is 1.42. The van der Waals surface area contributed by atoms with Crippen LogP contribution in [0.25, 0.3) is 0 Å². The van der Waals surface area contributed by atoms with Crippen LogP contribution in [0.5, 0.6) is 0 Å². The first-order valence-electron chi connectivity index (χ1n) is 4.39. The Morgan fingerprint density at radius 1 is 1.64 bits per heavy atom. The molecule has 14 heavy (non-hydrogen) atoms. The lowest BCUT2D eigenvalue weighted by Crippen LogP contribution is -2.23. The summed E-state index contributed by atoms with van der Waals surface area (Å²) in [6, 6.07) is 3.93. The Labute approximate surface area is 86.6 Å². The molecule has 0 N–H and O–H groups in total. The minimum atomic E-state index is 0.106. The summed E-state index contributed by atoms with van der Waals surface area (Å²) in [7, 11) is 0. The maximum Gasteiger partial charge on any atom is 0.226 e. The standard InChI is InChI=1S/C10H9N2OS/c11-5-9-4-8(7-14-9)6-12-3-1-2-10(12)13/h2,4,7H,1,3,6H2. The van der Waals surface area contributed by atoms with Gasteiger partial charge in [-0.25, -0.2) is 0 Å². The molecule has 1 radical (unpaired) electrons. The van der Waals surface area contributed by atoms with Gasteiger partial charge in [0.1, 0.15) is 10.9 Å². The fourth-order valence-corrected chi connectivity index (χ4v) is 2.17. The van der Waals surface area contributed by atoms with Gasteiger partial charge in [-0.1, -0.05) is 0 Å². The Bertz CT molecular complexity index is 391. The van der Waals surface area contributed by atoms with Crippen LogP contribution in [-0.4, -0.2) is 17.4 Å². The first-order chi connectivity index (χ1) is 6.79. The molecule has 1 aromatic heterocycles. The summed E-state index contributed by atoms with van der Waals surface area (Å²) in [5, 5.41) is 10.6. The highest BCUT2D eigenvalue weighted by Crippen LogP contribution is 2.18. The van der Waals surface area contributed by atoms with Crippen LogP contribution in [0.15, 0.2) is 11.4 Å². The summed E-state index contributed by atoms with van der Waals surface area (Å²) in [5.41, 5.74) is 1.05. The zero-order valence-electron chi connectivity index (χ0n) is 7.56. The van der Waals surface area contributed by atoms with Crippen LogP contribution in [0.2, 0.25) is 0 Å². The lowest BCUT2D eigenvalue weighted by molar-refractivity contribution is -0.125. The molecule has 0 aromatic carbocycles. The van der Waals surface area contributed by atoms with E-state index >= 15 is 0 Å². The molecule has 1 saturated heterocycles. The molecular formula is C10H9N2OS. The Morgan fingerprint density at radius 2 is 2.50 bits per heavy atom. The minimum Gasteiger partial charge on any atom is -0.338 e. The fraction of sp³-hybridized carbons (Fsp3) is 0.300. The average molecular weight is 205 g/mol. The zero-order valence-corrected chi connectivity index (χ0v) is 8.38. The number of likely N-dealkylation sites (tertiary alicyclic amines) is 1. The van der Waals surface area contributed by atoms with Gasteiger partial charge >= 0.3 is 0 Å². The van der Waals surface area contributed by atoms with Crippen molar-refractivity contribution < 1.29 is 4.79 Å². The first-order valence-corrected chi connectivity index (χ1v) is 5.27. The number of hydrogen-bond acceptors (Lipinski definition) is 3. The summed E-state index contributed by atoms with van der Waals surface area (Å²) in [6.07, 6.45) is 2.55. The van der Waals surface area contributed by atoms with E-state index in [2.05, 4.69) is 6.07 Å². The van der Waals surface area contributed by atoms with Crippen LogP contribution in [0.1, 0.15) is 16.9 Å². The number of carbonyl (C=O) groups excluding carboxylic acids is 1. The number of nitrogens with zero attached hydrogens (tertiary/aromatic N) is 2. The largest absolute Gasteiger partial charge is 0.338 e. The van der Waals surface area contributed by atoms with Crippen molar-refractivity contribution in [3.05, 3.63) is 28.3 Å². The molecule has 2 heterocycles. The third kappa shape index (κ3) is 1.78. The van der Waals surface area contributed by atoms with Gasteiger partial charge in [0.25, 0.3) is 0 Å². The van der Waals surface area contributed by atoms with Crippen molar-refractivity contribution in [2.24, 2.45) is 0 Å². The zero-order chi connectivity index (χ0) is 9.97. The molecule has 0 saturated carbocycles. The van der Waals surface area contributed by atoms with Crippen molar-refractivity contribution in [3.8, 4) is 6.07 Å². The molecule has 0 unspecified atom stereocenters. The van der Waals surface area contributed by atoms with E-state index in [1.807, 2.05) is 11.4 Å². The Hall–Kier alpha value is -1.34. The monoisotopic (exact) mass is 205 g/mol. The molecule has 1 aromatic rings. The maximum atomic E-state index is 11.3. The second-order valence-corrected chi connectivity index (χ2v) is 4.09. The van der Waals surface area contributed by atoms with E-state index in [4.69, 9.17) is 5.26 Å². The van der Waals surface area contributed by atoms with Crippen LogP contribution in [0.3, 0.4) is 0 Å². The van der Waals surface area contributed by atoms with Crippen LogP contribution in [0, 0.1) is 17.8 Å². The molecule has 1 aliphatic heterocycles. The van der Waals surface area contributed by atoms with Crippen molar-refractivity contribution in [1.82, 2.24) is 4.90 Å². The SMILES string of the molecule is N#Cc1cc(CN2CC[CH]C2=O)cs1. The number of nitriles is 1. The topological polar surface area (TPSA) is 44.1 Å². The molecule has 0 bridgehead atoms. The molecule has 2 rings (SSSR count). The Kier molecular flexibility index (Phi) is 2.51. The van der Waals surface area contributed by atoms with Crippen molar-refractivity contribution >= 4 is 17.2 Å². The third-order valence-electron chi connectivity index (χ3n) is 2.17.